The third kappa shape index (κ3) is 6.83. The van der Waals surface area contributed by atoms with Gasteiger partial charge in [-0.05, 0) is 66.5 Å². The van der Waals surface area contributed by atoms with E-state index < -0.39 is 56.6 Å². The Kier molecular flexibility index (Phi) is 8.53. The van der Waals surface area contributed by atoms with E-state index in [0.717, 1.165) is 12.8 Å². The second kappa shape index (κ2) is 11.7. The second-order valence-electron chi connectivity index (χ2n) is 11.8. The predicted molar refractivity (Wildman–Crippen MR) is 155 cm³/mol. The molecule has 234 valence electrons. The molecule has 1 aliphatic heterocycles. The molecule has 0 bridgehead atoms. The molecule has 1 saturated heterocycles. The van der Waals surface area contributed by atoms with Crippen LogP contribution in [0.25, 0.3) is 11.2 Å². The number of nitrogens with one attached hydrogen (secondary N) is 2. The molecular weight excluding hydrogens is 582 g/mol. The van der Waals surface area contributed by atoms with E-state index in [1.807, 2.05) is 0 Å². The number of benzene rings is 1. The molecule has 6 atom stereocenters. The van der Waals surface area contributed by atoms with Crippen LogP contribution in [-0.4, -0.2) is 72.8 Å². The van der Waals surface area contributed by atoms with Gasteiger partial charge in [-0.3, -0.25) is 13.9 Å². The number of esters is 1. The number of halogens is 1. The lowest BCUT2D eigenvalue weighted by Crippen LogP contribution is -2.41. The maximum absolute atomic E-state index is 16.2. The summed E-state index contributed by atoms with van der Waals surface area (Å²) in [7, 11) is -4.27. The summed E-state index contributed by atoms with van der Waals surface area (Å²) < 4.78 is 53.9. The molecule has 0 spiro atoms. The number of anilines is 1. The zero-order valence-corrected chi connectivity index (χ0v) is 25.9. The molecule has 2 aromatic heterocycles. The Morgan fingerprint density at radius 2 is 1.93 bits per heavy atom. The Morgan fingerprint density at radius 1 is 1.23 bits per heavy atom. The topological polar surface area (TPSA) is 159 Å². The number of carbonyl (C=O) groups excluding carboxylic acids is 1. The summed E-state index contributed by atoms with van der Waals surface area (Å²) in [4.78, 5) is 25.8. The number of hydrogen-bond donors (Lipinski definition) is 3. The van der Waals surface area contributed by atoms with Gasteiger partial charge in [-0.1, -0.05) is 18.2 Å². The minimum atomic E-state index is -4.27. The number of ether oxygens (including phenoxy) is 2. The van der Waals surface area contributed by atoms with Crippen molar-refractivity contribution in [3.05, 3.63) is 42.5 Å². The van der Waals surface area contributed by atoms with Crippen LogP contribution in [-0.2, 0) is 23.4 Å². The molecule has 1 aliphatic carbocycles. The summed E-state index contributed by atoms with van der Waals surface area (Å²) in [5.41, 5.74) is -1.62. The number of aliphatic hydroxyl groups excluding tert-OH is 1. The first-order valence-electron chi connectivity index (χ1n) is 14.2. The first-order valence-corrected chi connectivity index (χ1v) is 15.7. The van der Waals surface area contributed by atoms with Crippen LogP contribution in [0.2, 0.25) is 0 Å². The molecular formula is C28H38FN6O7P. The molecule has 13 nitrogen and oxygen atoms in total. The SMILES string of the molecule is Cc1nc(NC2(C)CC2)c2ncn([C@@H]3O[C@H](COP(=O)(N[C@H](C)C(=O)OC(C)C)Oc4ccccc4)[C@@H](O)[C@@]3(C)F)c2n1. The van der Waals surface area contributed by atoms with E-state index >= 15 is 4.39 Å². The fourth-order valence-corrected chi connectivity index (χ4v) is 6.24. The maximum Gasteiger partial charge on any atom is 0.459 e. The van der Waals surface area contributed by atoms with E-state index in [2.05, 4.69) is 32.3 Å². The van der Waals surface area contributed by atoms with Gasteiger partial charge in [0.25, 0.3) is 0 Å². The van der Waals surface area contributed by atoms with Crippen molar-refractivity contribution in [3.63, 3.8) is 0 Å². The van der Waals surface area contributed by atoms with E-state index in [1.165, 1.54) is 24.7 Å². The number of aromatic nitrogens is 4. The first-order chi connectivity index (χ1) is 20.2. The zero-order chi connectivity index (χ0) is 31.2. The van der Waals surface area contributed by atoms with E-state index in [1.54, 1.807) is 51.1 Å². The largest absolute Gasteiger partial charge is 0.462 e. The maximum atomic E-state index is 16.2. The number of rotatable bonds is 12. The van der Waals surface area contributed by atoms with E-state index in [0.29, 0.717) is 22.8 Å². The molecule has 1 saturated carbocycles. The van der Waals surface area contributed by atoms with Crippen molar-refractivity contribution in [2.45, 2.75) is 96.2 Å². The molecule has 5 rings (SSSR count). The zero-order valence-electron chi connectivity index (χ0n) is 25.0. The van der Waals surface area contributed by atoms with Crippen LogP contribution in [0.5, 0.6) is 5.75 Å². The summed E-state index contributed by atoms with van der Waals surface area (Å²) in [6, 6.07) is 7.14. The summed E-state index contributed by atoms with van der Waals surface area (Å²) in [5.74, 6) is 0.525. The number of hydrogen-bond acceptors (Lipinski definition) is 11. The van der Waals surface area contributed by atoms with Gasteiger partial charge in [-0.15, -0.1) is 0 Å². The summed E-state index contributed by atoms with van der Waals surface area (Å²) >= 11 is 0. The Balaban J connectivity index is 1.36. The molecule has 1 unspecified atom stereocenters. The van der Waals surface area contributed by atoms with Crippen molar-refractivity contribution in [2.24, 2.45) is 0 Å². The highest BCUT2D eigenvalue weighted by Gasteiger charge is 2.56. The molecule has 2 aliphatic rings. The Bertz CT molecular complexity index is 1520. The third-order valence-electron chi connectivity index (χ3n) is 7.36. The number of carbonyl (C=O) groups is 1. The minimum Gasteiger partial charge on any atom is -0.462 e. The Hall–Kier alpha value is -3.16. The van der Waals surface area contributed by atoms with Crippen LogP contribution in [0.15, 0.2) is 36.7 Å². The van der Waals surface area contributed by atoms with Gasteiger partial charge in [-0.25, -0.2) is 23.9 Å². The van der Waals surface area contributed by atoms with Gasteiger partial charge in [0.1, 0.15) is 29.8 Å². The highest BCUT2D eigenvalue weighted by molar-refractivity contribution is 7.52. The molecule has 1 aromatic carbocycles. The fraction of sp³-hybridized carbons (Fsp3) is 0.571. The highest BCUT2D eigenvalue weighted by atomic mass is 31.2. The fourth-order valence-electron chi connectivity index (χ4n) is 4.74. The minimum absolute atomic E-state index is 0.0819. The normalized spacial score (nSPS) is 26.7. The standard InChI is InChI=1S/C28H38FN6O7P/c1-16(2)40-25(37)17(3)34-43(38,42-19-10-8-7-9-11-19)39-14-20-22(36)28(6,29)26(41-20)35-15-30-21-23(33-27(5)12-13-27)31-18(4)32-24(21)35/h7-11,15-17,20,22,26,36H,12-14H2,1-6H3,(H,34,38)(H,31,32,33)/t17-,20-,22-,26-,28-,43?/m1/s1. The molecule has 2 fully saturated rings. The molecule has 0 amide bonds. The van der Waals surface area contributed by atoms with E-state index in [-0.39, 0.29) is 11.3 Å². The van der Waals surface area contributed by atoms with Gasteiger partial charge in [0.15, 0.2) is 28.9 Å². The first kappa shape index (κ1) is 31.3. The number of aryl methyl sites for hydroxylation is 1. The van der Waals surface area contributed by atoms with Gasteiger partial charge in [-0.2, -0.15) is 5.09 Å². The quantitative estimate of drug-likeness (QED) is 0.196. The van der Waals surface area contributed by atoms with Gasteiger partial charge in [0.05, 0.1) is 19.0 Å². The van der Waals surface area contributed by atoms with Crippen LogP contribution in [0.3, 0.4) is 0 Å². The van der Waals surface area contributed by atoms with Crippen LogP contribution >= 0.6 is 7.75 Å². The lowest BCUT2D eigenvalue weighted by molar-refractivity contribution is -0.149. The Labute approximate surface area is 249 Å². The van der Waals surface area contributed by atoms with Crippen molar-refractivity contribution in [3.8, 4) is 5.75 Å². The second-order valence-corrected chi connectivity index (χ2v) is 13.5. The average molecular weight is 621 g/mol. The van der Waals surface area contributed by atoms with Crippen LogP contribution in [0, 0.1) is 6.92 Å². The van der Waals surface area contributed by atoms with Crippen molar-refractivity contribution in [2.75, 3.05) is 11.9 Å². The van der Waals surface area contributed by atoms with Gasteiger partial charge >= 0.3 is 13.7 Å². The molecule has 43 heavy (non-hydrogen) atoms. The summed E-state index contributed by atoms with van der Waals surface area (Å²) in [5, 5.41) is 17.0. The number of imidazole rings is 1. The lowest BCUT2D eigenvalue weighted by Gasteiger charge is -2.25. The van der Waals surface area contributed by atoms with Gasteiger partial charge in [0, 0.05) is 5.54 Å². The highest BCUT2D eigenvalue weighted by Crippen LogP contribution is 2.48. The molecule has 3 aromatic rings. The van der Waals surface area contributed by atoms with E-state index in [4.69, 9.17) is 18.5 Å². The summed E-state index contributed by atoms with van der Waals surface area (Å²) in [6.45, 7) is 9.29. The lowest BCUT2D eigenvalue weighted by atomic mass is 9.98. The Morgan fingerprint density at radius 3 is 2.58 bits per heavy atom. The van der Waals surface area contributed by atoms with Gasteiger partial charge < -0.3 is 24.4 Å². The third-order valence-corrected chi connectivity index (χ3v) is 9.00. The van der Waals surface area contributed by atoms with Crippen molar-refractivity contribution < 1.29 is 37.4 Å². The van der Waals surface area contributed by atoms with Gasteiger partial charge in [0.2, 0.25) is 0 Å². The molecule has 3 N–H and O–H groups in total. The van der Waals surface area contributed by atoms with Crippen molar-refractivity contribution in [1.82, 2.24) is 24.6 Å². The summed E-state index contributed by atoms with van der Waals surface area (Å²) in [6.07, 6.45) is -1.32. The smallest absolute Gasteiger partial charge is 0.459 e. The number of para-hydroxylation sites is 1. The van der Waals surface area contributed by atoms with Crippen molar-refractivity contribution in [1.29, 1.82) is 0 Å². The monoisotopic (exact) mass is 620 g/mol. The average Bonchev–Trinajstić information content (AvgIpc) is 3.42. The predicted octanol–water partition coefficient (Wildman–Crippen LogP) is 4.22. The number of nitrogens with zero attached hydrogens (tertiary/aromatic N) is 4. The number of alkyl halides is 1. The van der Waals surface area contributed by atoms with E-state index in [9.17, 15) is 14.5 Å². The number of fused-ring (bicyclic) bond motifs is 1. The van der Waals surface area contributed by atoms with Crippen molar-refractivity contribution >= 4 is 30.7 Å². The van der Waals surface area contributed by atoms with Crippen LogP contribution < -0.4 is 14.9 Å². The molecule has 3 heterocycles. The number of aliphatic hydroxyl groups is 1. The van der Waals surface area contributed by atoms with Crippen LogP contribution in [0.1, 0.15) is 59.5 Å². The van der Waals surface area contributed by atoms with Crippen LogP contribution in [0.4, 0.5) is 10.2 Å². The molecule has 15 heteroatoms. The molecule has 0 radical (unpaired) electrons.